The minimum Gasteiger partial charge on any atom is -0.506 e. The van der Waals surface area contributed by atoms with E-state index in [4.69, 9.17) is 15.6 Å². The summed E-state index contributed by atoms with van der Waals surface area (Å²) in [6.45, 7) is 0. The van der Waals surface area contributed by atoms with Crippen LogP contribution in [0.25, 0.3) is 0 Å². The van der Waals surface area contributed by atoms with Crippen LogP contribution in [0.3, 0.4) is 0 Å². The second-order valence-corrected chi connectivity index (χ2v) is 9.52. The van der Waals surface area contributed by atoms with E-state index in [0.717, 1.165) is 12.7 Å². The van der Waals surface area contributed by atoms with Crippen LogP contribution in [0.5, 0.6) is 17.2 Å². The van der Waals surface area contributed by atoms with Crippen LogP contribution < -0.4 is 10.5 Å². The average Bonchev–Trinajstić information content (AvgIpc) is 2.48. The maximum absolute atomic E-state index is 10.9. The molecule has 0 aliphatic carbocycles. The Labute approximate surface area is 205 Å². The van der Waals surface area contributed by atoms with Crippen LogP contribution in [0.2, 0.25) is 0 Å². The molecule has 2 aromatic rings. The highest BCUT2D eigenvalue weighted by Crippen LogP contribution is 2.36. The molecule has 0 radical (unpaired) electrons. The first-order valence-electron chi connectivity index (χ1n) is 6.51. The van der Waals surface area contributed by atoms with Crippen LogP contribution in [0.15, 0.2) is 24.3 Å². The molecule has 0 saturated heterocycles. The second kappa shape index (κ2) is 10.3. The van der Waals surface area contributed by atoms with Crippen molar-refractivity contribution in [1.29, 1.82) is 0 Å². The van der Waals surface area contributed by atoms with Crippen molar-refractivity contribution in [2.75, 3.05) is 0 Å². The molecule has 0 aromatic heterocycles. The van der Waals surface area contributed by atoms with E-state index in [0.29, 0.717) is 18.6 Å². The first kappa shape index (κ1) is 23.7. The number of aliphatic carboxylic acids is 1. The van der Waals surface area contributed by atoms with Crippen LogP contribution in [0, 0.1) is 14.3 Å². The van der Waals surface area contributed by atoms with Gasteiger partial charge in [-0.1, -0.05) is 0 Å². The molecule has 0 aliphatic rings. The molecule has 1 atom stereocenters. The monoisotopic (exact) mass is 819 g/mol. The lowest BCUT2D eigenvalue weighted by molar-refractivity contribution is -0.138. The van der Waals surface area contributed by atoms with Crippen LogP contribution in [0.1, 0.15) is 5.56 Å². The van der Waals surface area contributed by atoms with E-state index in [9.17, 15) is 9.90 Å². The van der Waals surface area contributed by atoms with Gasteiger partial charge in [-0.3, -0.25) is 4.79 Å². The Kier molecular flexibility index (Phi) is 9.76. The summed E-state index contributed by atoms with van der Waals surface area (Å²) >= 11 is 8.42. The number of rotatable bonds is 5. The van der Waals surface area contributed by atoms with Gasteiger partial charge >= 0.3 is 5.97 Å². The van der Waals surface area contributed by atoms with Crippen molar-refractivity contribution in [2.24, 2.45) is 5.73 Å². The van der Waals surface area contributed by atoms with Gasteiger partial charge < -0.3 is 20.7 Å². The Balaban J connectivity index is 0.00000312. The smallest absolute Gasteiger partial charge is 0.320 e. The molecule has 10 heteroatoms. The summed E-state index contributed by atoms with van der Waals surface area (Å²) < 4.78 is 9.14. The minimum atomic E-state index is -1.02. The summed E-state index contributed by atoms with van der Waals surface area (Å²) in [4.78, 5) is 10.9. The number of carbonyl (C=O) groups is 1. The molecule has 0 heterocycles. The maximum Gasteiger partial charge on any atom is 0.320 e. The van der Waals surface area contributed by atoms with Crippen LogP contribution in [-0.2, 0) is 11.2 Å². The highest BCUT2D eigenvalue weighted by molar-refractivity contribution is 14.1. The number of hydrogen-bond donors (Lipinski definition) is 3. The van der Waals surface area contributed by atoms with E-state index in [-0.39, 0.29) is 24.6 Å². The molecule has 0 spiro atoms. The summed E-state index contributed by atoms with van der Waals surface area (Å²) in [5, 5.41) is 18.8. The number of nitrogens with two attached hydrogens (primary N) is 1. The zero-order valence-electron chi connectivity index (χ0n) is 12.3. The highest BCUT2D eigenvalue weighted by atomic mass is 127. The van der Waals surface area contributed by atoms with Crippen molar-refractivity contribution in [2.45, 2.75) is 12.5 Å². The Morgan fingerprint density at radius 3 is 1.96 bits per heavy atom. The zero-order valence-corrected chi connectivity index (χ0v) is 21.7. The van der Waals surface area contributed by atoms with Gasteiger partial charge in [0.15, 0.2) is 5.75 Å². The molecule has 4 N–H and O–H groups in total. The Morgan fingerprint density at radius 2 is 1.52 bits per heavy atom. The molecule has 2 rings (SSSR count). The fourth-order valence-corrected chi connectivity index (χ4v) is 5.72. The summed E-state index contributed by atoms with van der Waals surface area (Å²) in [6.07, 6.45) is 0.261. The molecule has 5 nitrogen and oxygen atoms in total. The summed E-state index contributed by atoms with van der Waals surface area (Å²) in [7, 11) is 0. The topological polar surface area (TPSA) is 92.8 Å². The van der Waals surface area contributed by atoms with E-state index in [2.05, 4.69) is 90.4 Å². The fraction of sp³-hybridized carbons (Fsp3) is 0.133. The van der Waals surface area contributed by atoms with Gasteiger partial charge in [0.2, 0.25) is 0 Å². The van der Waals surface area contributed by atoms with Gasteiger partial charge in [0.1, 0.15) is 17.5 Å². The number of ether oxygens (including phenoxy) is 1. The number of hydrogen-bond acceptors (Lipinski definition) is 4. The Bertz CT molecular complexity index is 757. The molecule has 2 aromatic carbocycles. The van der Waals surface area contributed by atoms with Gasteiger partial charge in [0.05, 0.1) is 14.3 Å². The van der Waals surface area contributed by atoms with Gasteiger partial charge in [-0.05, 0) is 127 Å². The number of phenolic OH excluding ortho intramolecular Hbond substituents is 1. The second-order valence-electron chi connectivity index (χ2n) is 4.88. The van der Waals surface area contributed by atoms with E-state index in [1.165, 1.54) is 0 Å². The lowest BCUT2D eigenvalue weighted by atomic mass is 10.3. The SMILES string of the molecule is Cl.N[C@@H](C[13c]1[13cH][13c](I)[13c](Oc2cc(I)c(O)c(I)c2)[13c](I)[13cH]1)C(=O)O. The first-order valence-corrected chi connectivity index (χ1v) is 10.8. The first-order chi connectivity index (χ1) is 11.2. The van der Waals surface area contributed by atoms with Crippen molar-refractivity contribution in [3.8, 4) is 17.2 Å². The van der Waals surface area contributed by atoms with Gasteiger partial charge in [-0.25, -0.2) is 0 Å². The number of benzene rings is 2. The number of halogens is 5. The largest absolute Gasteiger partial charge is 0.506 e. The number of aromatic hydroxyl groups is 1. The van der Waals surface area contributed by atoms with E-state index in [1.54, 1.807) is 12.1 Å². The van der Waals surface area contributed by atoms with Gasteiger partial charge in [-0.2, -0.15) is 0 Å². The molecule has 0 bridgehead atoms. The number of carboxylic acids is 1. The van der Waals surface area contributed by atoms with Crippen molar-refractivity contribution in [1.82, 2.24) is 0 Å². The predicted molar refractivity (Wildman–Crippen MR) is 132 cm³/mol. The standard InChI is InChI=1S/C15H11I4NO4.ClH/c16-8-4-7(5-9(17)13(8)21)24-14-10(18)1-6(2-11(14)19)3-12(20)15(22)23;/h1-2,4-5,12,21H,3,20H2,(H,22,23);1H/t12-;/m0./s1/i1+1,2+1,6+1,10+1,11+1,14+1;. The van der Waals surface area contributed by atoms with Crippen LogP contribution in [-0.4, -0.2) is 22.2 Å². The maximum atomic E-state index is 10.9. The predicted octanol–water partition coefficient (Wildman–Crippen LogP) is 4.98. The van der Waals surface area contributed by atoms with Gasteiger partial charge in [0, 0.05) is 0 Å². The molecule has 0 saturated carbocycles. The molecule has 25 heavy (non-hydrogen) atoms. The molecular formula is C15H12ClI4NO4. The third-order valence-electron chi connectivity index (χ3n) is 3.04. The summed E-state index contributed by atoms with van der Waals surface area (Å²) in [5.74, 6) is 0.549. The Hall–Kier alpha value is 0.680. The minimum absolute atomic E-state index is 0. The normalized spacial score (nSPS) is 11.6. The van der Waals surface area contributed by atoms with Crippen molar-refractivity contribution < 1.29 is 19.7 Å². The summed E-state index contributed by atoms with van der Waals surface area (Å²) in [6, 6.07) is 6.34. The molecular weight excluding hydrogens is 807 g/mol. The third kappa shape index (κ3) is 6.36. The van der Waals surface area contributed by atoms with Crippen LogP contribution in [0.4, 0.5) is 0 Å². The molecule has 0 aliphatic heterocycles. The quantitative estimate of drug-likeness (QED) is 0.371. The number of phenols is 1. The van der Waals surface area contributed by atoms with Gasteiger partial charge in [-0.15, -0.1) is 12.4 Å². The Morgan fingerprint density at radius 1 is 1.04 bits per heavy atom. The average molecular weight is 819 g/mol. The third-order valence-corrected chi connectivity index (χ3v) is 6.29. The van der Waals surface area contributed by atoms with Crippen molar-refractivity contribution >= 4 is 109 Å². The highest BCUT2D eigenvalue weighted by Gasteiger charge is 2.16. The lowest BCUT2D eigenvalue weighted by Gasteiger charge is -2.14. The lowest BCUT2D eigenvalue weighted by Crippen LogP contribution is -2.32. The molecule has 136 valence electrons. The fourth-order valence-electron chi connectivity index (χ4n) is 1.89. The van der Waals surface area contributed by atoms with E-state index < -0.39 is 12.0 Å². The van der Waals surface area contributed by atoms with E-state index >= 15 is 0 Å². The number of carboxylic acid groups (broad SMARTS) is 1. The van der Waals surface area contributed by atoms with Gasteiger partial charge in [0.25, 0.3) is 0 Å². The van der Waals surface area contributed by atoms with E-state index in [1.807, 2.05) is 12.1 Å². The molecule has 0 amide bonds. The molecule has 0 unspecified atom stereocenters. The van der Waals surface area contributed by atoms with Crippen molar-refractivity contribution in [3.05, 3.63) is 44.1 Å². The zero-order chi connectivity index (χ0) is 18.0. The summed E-state index contributed by atoms with van der Waals surface area (Å²) in [5.41, 5.74) is 6.44. The van der Waals surface area contributed by atoms with Crippen molar-refractivity contribution in [3.63, 3.8) is 0 Å². The molecule has 0 fully saturated rings. The van der Waals surface area contributed by atoms with Crippen LogP contribution >= 0.6 is 103 Å².